The Bertz CT molecular complexity index is 723. The Morgan fingerprint density at radius 2 is 2.19 bits per heavy atom. The van der Waals surface area contributed by atoms with Gasteiger partial charge in [0.15, 0.2) is 5.84 Å². The molecule has 2 aromatic rings. The predicted molar refractivity (Wildman–Crippen MR) is 79.9 cm³/mol. The van der Waals surface area contributed by atoms with Crippen molar-refractivity contribution in [1.82, 2.24) is 9.78 Å². The number of carbonyl (C=O) groups excluding carboxylic acids is 1. The van der Waals surface area contributed by atoms with Gasteiger partial charge in [-0.05, 0) is 24.6 Å². The number of hydrogen-bond acceptors (Lipinski definition) is 4. The molecule has 4 N–H and O–H groups in total. The summed E-state index contributed by atoms with van der Waals surface area (Å²) in [5, 5.41) is 18.6. The minimum atomic E-state index is -0.407. The number of halogens is 1. The lowest BCUT2D eigenvalue weighted by atomic mass is 10.1. The van der Waals surface area contributed by atoms with Crippen molar-refractivity contribution in [2.75, 3.05) is 5.32 Å². The SMILES string of the molecule is Cc1ccc(C(=O)Nc2c(/C(N)=N/O)cnn2C)c(Cl)c1. The van der Waals surface area contributed by atoms with Crippen LogP contribution in [0.3, 0.4) is 0 Å². The van der Waals surface area contributed by atoms with Gasteiger partial charge in [-0.3, -0.25) is 9.48 Å². The second-order valence-corrected chi connectivity index (χ2v) is 4.86. The summed E-state index contributed by atoms with van der Waals surface area (Å²) < 4.78 is 1.41. The Labute approximate surface area is 126 Å². The minimum absolute atomic E-state index is 0.145. The molecule has 1 heterocycles. The molecule has 0 bridgehead atoms. The van der Waals surface area contributed by atoms with E-state index in [0.717, 1.165) is 5.56 Å². The molecule has 0 atom stereocenters. The monoisotopic (exact) mass is 307 g/mol. The third kappa shape index (κ3) is 2.97. The fourth-order valence-corrected chi connectivity index (χ4v) is 2.13. The Morgan fingerprint density at radius 1 is 1.48 bits per heavy atom. The summed E-state index contributed by atoms with van der Waals surface area (Å²) in [4.78, 5) is 12.3. The lowest BCUT2D eigenvalue weighted by Gasteiger charge is -2.09. The summed E-state index contributed by atoms with van der Waals surface area (Å²) in [6.07, 6.45) is 1.39. The number of rotatable bonds is 3. The smallest absolute Gasteiger partial charge is 0.258 e. The first-order chi connectivity index (χ1) is 9.93. The zero-order valence-corrected chi connectivity index (χ0v) is 12.2. The molecule has 0 spiro atoms. The van der Waals surface area contributed by atoms with E-state index in [-0.39, 0.29) is 5.84 Å². The van der Waals surface area contributed by atoms with E-state index >= 15 is 0 Å². The Hall–Kier alpha value is -2.54. The standard InChI is InChI=1S/C13H14ClN5O2/c1-7-3-4-8(10(14)5-7)13(20)17-12-9(11(15)18-21)6-16-19(12)2/h3-6,21H,1-2H3,(H2,15,18)(H,17,20). The van der Waals surface area contributed by atoms with E-state index < -0.39 is 5.91 Å². The van der Waals surface area contributed by atoms with Gasteiger partial charge in [0.25, 0.3) is 5.91 Å². The van der Waals surface area contributed by atoms with E-state index in [1.54, 1.807) is 25.2 Å². The van der Waals surface area contributed by atoms with E-state index in [1.807, 2.05) is 6.92 Å². The number of benzene rings is 1. The molecule has 0 aliphatic carbocycles. The van der Waals surface area contributed by atoms with Gasteiger partial charge in [0, 0.05) is 7.05 Å². The average Bonchev–Trinajstić information content (AvgIpc) is 2.79. The topological polar surface area (TPSA) is 106 Å². The molecule has 0 aliphatic heterocycles. The molecule has 0 aliphatic rings. The predicted octanol–water partition coefficient (Wildman–Crippen LogP) is 1.73. The van der Waals surface area contributed by atoms with Crippen LogP contribution in [0.25, 0.3) is 0 Å². The molecule has 2 rings (SSSR count). The van der Waals surface area contributed by atoms with Gasteiger partial charge in [-0.2, -0.15) is 5.10 Å². The molecule has 0 saturated heterocycles. The van der Waals surface area contributed by atoms with Crippen LogP contribution in [-0.4, -0.2) is 26.7 Å². The zero-order chi connectivity index (χ0) is 15.6. The average molecular weight is 308 g/mol. The number of amidine groups is 1. The van der Waals surface area contributed by atoms with Crippen molar-refractivity contribution in [3.05, 3.63) is 46.1 Å². The van der Waals surface area contributed by atoms with Crippen molar-refractivity contribution in [1.29, 1.82) is 0 Å². The molecular weight excluding hydrogens is 294 g/mol. The normalized spacial score (nSPS) is 11.5. The van der Waals surface area contributed by atoms with Crippen molar-refractivity contribution in [2.24, 2.45) is 17.9 Å². The largest absolute Gasteiger partial charge is 0.409 e. The third-order valence-electron chi connectivity index (χ3n) is 2.92. The quantitative estimate of drug-likeness (QED) is 0.347. The number of nitrogens with zero attached hydrogens (tertiary/aromatic N) is 3. The molecular formula is C13H14ClN5O2. The first kappa shape index (κ1) is 14.9. The van der Waals surface area contributed by atoms with Gasteiger partial charge >= 0.3 is 0 Å². The van der Waals surface area contributed by atoms with Crippen molar-refractivity contribution in [3.63, 3.8) is 0 Å². The molecule has 21 heavy (non-hydrogen) atoms. The van der Waals surface area contributed by atoms with E-state index in [2.05, 4.69) is 15.6 Å². The van der Waals surface area contributed by atoms with Crippen LogP contribution in [0.4, 0.5) is 5.82 Å². The second kappa shape index (κ2) is 5.84. The van der Waals surface area contributed by atoms with Gasteiger partial charge in [0.1, 0.15) is 5.82 Å². The number of anilines is 1. The second-order valence-electron chi connectivity index (χ2n) is 4.45. The van der Waals surface area contributed by atoms with E-state index in [1.165, 1.54) is 10.9 Å². The summed E-state index contributed by atoms with van der Waals surface area (Å²) in [5.74, 6) is -0.240. The molecule has 8 heteroatoms. The highest BCUT2D eigenvalue weighted by atomic mass is 35.5. The van der Waals surface area contributed by atoms with Crippen molar-refractivity contribution in [3.8, 4) is 0 Å². The highest BCUT2D eigenvalue weighted by Crippen LogP contribution is 2.20. The Kier molecular flexibility index (Phi) is 4.13. The minimum Gasteiger partial charge on any atom is -0.409 e. The molecule has 1 aromatic heterocycles. The van der Waals surface area contributed by atoms with Gasteiger partial charge in [0.2, 0.25) is 0 Å². The fraction of sp³-hybridized carbons (Fsp3) is 0.154. The molecule has 0 unspecified atom stereocenters. The molecule has 1 amide bonds. The summed E-state index contributed by atoms with van der Waals surface area (Å²) in [5.41, 5.74) is 7.14. The van der Waals surface area contributed by atoms with Gasteiger partial charge in [-0.25, -0.2) is 0 Å². The number of nitrogens with two attached hydrogens (primary N) is 1. The number of aryl methyl sites for hydroxylation is 2. The maximum Gasteiger partial charge on any atom is 0.258 e. The highest BCUT2D eigenvalue weighted by Gasteiger charge is 2.17. The number of hydrogen-bond donors (Lipinski definition) is 3. The zero-order valence-electron chi connectivity index (χ0n) is 11.5. The maximum absolute atomic E-state index is 12.3. The van der Waals surface area contributed by atoms with Crippen LogP contribution in [-0.2, 0) is 7.05 Å². The number of oxime groups is 1. The fourth-order valence-electron chi connectivity index (χ4n) is 1.81. The first-order valence-electron chi connectivity index (χ1n) is 6.01. The molecule has 1 aromatic carbocycles. The van der Waals surface area contributed by atoms with Gasteiger partial charge in [0.05, 0.1) is 22.3 Å². The highest BCUT2D eigenvalue weighted by molar-refractivity contribution is 6.34. The van der Waals surface area contributed by atoms with Crippen LogP contribution < -0.4 is 11.1 Å². The molecule has 110 valence electrons. The third-order valence-corrected chi connectivity index (χ3v) is 3.24. The van der Waals surface area contributed by atoms with Crippen LogP contribution in [0.1, 0.15) is 21.5 Å². The number of nitrogens with one attached hydrogen (secondary N) is 1. The lowest BCUT2D eigenvalue weighted by molar-refractivity contribution is 0.102. The van der Waals surface area contributed by atoms with Crippen molar-refractivity contribution < 1.29 is 10.0 Å². The summed E-state index contributed by atoms with van der Waals surface area (Å²) in [6, 6.07) is 5.12. The maximum atomic E-state index is 12.3. The first-order valence-corrected chi connectivity index (χ1v) is 6.39. The number of amides is 1. The van der Waals surface area contributed by atoms with Crippen LogP contribution >= 0.6 is 11.6 Å². The van der Waals surface area contributed by atoms with E-state index in [0.29, 0.717) is 22.0 Å². The summed E-state index contributed by atoms with van der Waals surface area (Å²) in [7, 11) is 1.63. The van der Waals surface area contributed by atoms with E-state index in [4.69, 9.17) is 22.5 Å². The Balaban J connectivity index is 2.34. The number of carbonyl (C=O) groups is 1. The van der Waals surface area contributed by atoms with Crippen LogP contribution in [0.5, 0.6) is 0 Å². The van der Waals surface area contributed by atoms with Crippen molar-refractivity contribution >= 4 is 29.2 Å². The van der Waals surface area contributed by atoms with Gasteiger partial charge < -0.3 is 16.3 Å². The van der Waals surface area contributed by atoms with Gasteiger partial charge in [-0.15, -0.1) is 0 Å². The molecule has 0 saturated carbocycles. The molecule has 0 fully saturated rings. The molecule has 7 nitrogen and oxygen atoms in total. The van der Waals surface area contributed by atoms with E-state index in [9.17, 15) is 4.79 Å². The van der Waals surface area contributed by atoms with Crippen LogP contribution in [0, 0.1) is 6.92 Å². The van der Waals surface area contributed by atoms with Crippen LogP contribution in [0.2, 0.25) is 5.02 Å². The summed E-state index contributed by atoms with van der Waals surface area (Å²) in [6.45, 7) is 1.88. The Morgan fingerprint density at radius 3 is 2.81 bits per heavy atom. The van der Waals surface area contributed by atoms with Crippen molar-refractivity contribution in [2.45, 2.75) is 6.92 Å². The summed E-state index contributed by atoms with van der Waals surface area (Å²) >= 11 is 6.06. The lowest BCUT2D eigenvalue weighted by Crippen LogP contribution is -2.20. The van der Waals surface area contributed by atoms with Gasteiger partial charge in [-0.1, -0.05) is 22.8 Å². The molecule has 0 radical (unpaired) electrons. The van der Waals surface area contributed by atoms with Crippen LogP contribution in [0.15, 0.2) is 29.6 Å². The number of aromatic nitrogens is 2.